The number of rotatable bonds is 2. The third-order valence-corrected chi connectivity index (χ3v) is 2.95. The van der Waals surface area contributed by atoms with E-state index in [9.17, 15) is 9.90 Å². The first-order chi connectivity index (χ1) is 7.66. The summed E-state index contributed by atoms with van der Waals surface area (Å²) in [6.07, 6.45) is 1.48. The predicted molar refractivity (Wildman–Crippen MR) is 63.2 cm³/mol. The molecule has 1 aromatic carbocycles. The number of phenolic OH excluding ortho intramolecular Hbond substituents is 1. The van der Waals surface area contributed by atoms with Crippen LogP contribution in [0.4, 0.5) is 5.69 Å². The second kappa shape index (κ2) is 4.51. The number of thiazole rings is 1. The molecule has 0 unspecified atom stereocenters. The fourth-order valence-corrected chi connectivity index (χ4v) is 1.74. The van der Waals surface area contributed by atoms with Crippen LogP contribution in [0.3, 0.4) is 0 Å². The number of aromatic hydroxyl groups is 1. The number of hydrogen-bond acceptors (Lipinski definition) is 4. The summed E-state index contributed by atoms with van der Waals surface area (Å²) in [6, 6.07) is 4.52. The number of anilines is 1. The summed E-state index contributed by atoms with van der Waals surface area (Å²) in [5.41, 5.74) is 2.06. The van der Waals surface area contributed by atoms with E-state index >= 15 is 0 Å². The first-order valence-electron chi connectivity index (χ1n) is 4.35. The Morgan fingerprint density at radius 2 is 2.31 bits per heavy atom. The summed E-state index contributed by atoms with van der Waals surface area (Å²) in [6.45, 7) is 0. The topological polar surface area (TPSA) is 62.2 Å². The molecular formula is C10H7ClN2O2S. The molecule has 0 aliphatic rings. The van der Waals surface area contributed by atoms with Crippen molar-refractivity contribution in [1.29, 1.82) is 0 Å². The van der Waals surface area contributed by atoms with Crippen molar-refractivity contribution in [2.45, 2.75) is 0 Å². The van der Waals surface area contributed by atoms with Crippen LogP contribution >= 0.6 is 22.9 Å². The van der Waals surface area contributed by atoms with E-state index in [1.807, 2.05) is 0 Å². The quantitative estimate of drug-likeness (QED) is 0.866. The number of carbonyl (C=O) groups excluding carboxylic acids is 1. The average molecular weight is 255 g/mol. The zero-order valence-electron chi connectivity index (χ0n) is 7.98. The number of halogens is 1. The number of carbonyl (C=O) groups is 1. The monoisotopic (exact) mass is 254 g/mol. The van der Waals surface area contributed by atoms with Crippen molar-refractivity contribution in [3.63, 3.8) is 0 Å². The fourth-order valence-electron chi connectivity index (χ4n) is 1.11. The standard InChI is InChI=1S/C10H7ClN2O2S/c11-7-2-1-6(3-8(7)14)13-10(15)9-4-12-5-16-9/h1-5,14H,(H,13,15). The molecule has 2 aromatic rings. The minimum Gasteiger partial charge on any atom is -0.506 e. The lowest BCUT2D eigenvalue weighted by molar-refractivity contribution is 0.103. The summed E-state index contributed by atoms with van der Waals surface area (Å²) in [5, 5.41) is 12.2. The number of phenols is 1. The largest absolute Gasteiger partial charge is 0.506 e. The number of benzene rings is 1. The molecule has 0 spiro atoms. The lowest BCUT2D eigenvalue weighted by atomic mass is 10.3. The number of nitrogens with zero attached hydrogens (tertiary/aromatic N) is 1. The fraction of sp³-hybridized carbons (Fsp3) is 0. The minimum atomic E-state index is -0.260. The Hall–Kier alpha value is -1.59. The first-order valence-corrected chi connectivity index (χ1v) is 5.61. The summed E-state index contributed by atoms with van der Waals surface area (Å²) in [5.74, 6) is -0.326. The highest BCUT2D eigenvalue weighted by Gasteiger charge is 2.08. The lowest BCUT2D eigenvalue weighted by Gasteiger charge is -2.04. The van der Waals surface area contributed by atoms with Crippen molar-refractivity contribution in [1.82, 2.24) is 4.98 Å². The van der Waals surface area contributed by atoms with E-state index in [-0.39, 0.29) is 16.7 Å². The number of amides is 1. The van der Waals surface area contributed by atoms with Gasteiger partial charge in [0, 0.05) is 11.8 Å². The maximum absolute atomic E-state index is 11.6. The number of aromatic nitrogens is 1. The molecule has 0 saturated carbocycles. The van der Waals surface area contributed by atoms with E-state index in [1.54, 1.807) is 11.6 Å². The normalized spacial score (nSPS) is 10.1. The molecule has 2 rings (SSSR count). The van der Waals surface area contributed by atoms with Gasteiger partial charge in [-0.3, -0.25) is 9.78 Å². The van der Waals surface area contributed by atoms with Crippen LogP contribution in [0.2, 0.25) is 5.02 Å². The van der Waals surface area contributed by atoms with Gasteiger partial charge in [0.25, 0.3) is 5.91 Å². The molecular weight excluding hydrogens is 248 g/mol. The average Bonchev–Trinajstić information content (AvgIpc) is 2.77. The molecule has 1 amide bonds. The maximum atomic E-state index is 11.6. The van der Waals surface area contributed by atoms with Crippen LogP contribution in [-0.2, 0) is 0 Å². The Balaban J connectivity index is 2.15. The molecule has 0 saturated heterocycles. The summed E-state index contributed by atoms with van der Waals surface area (Å²) < 4.78 is 0. The maximum Gasteiger partial charge on any atom is 0.267 e. The van der Waals surface area contributed by atoms with Crippen molar-refractivity contribution in [2.24, 2.45) is 0 Å². The molecule has 0 aliphatic heterocycles. The van der Waals surface area contributed by atoms with Crippen LogP contribution < -0.4 is 5.32 Å². The third kappa shape index (κ3) is 2.32. The SMILES string of the molecule is O=C(Nc1ccc(Cl)c(O)c1)c1cncs1. The van der Waals surface area contributed by atoms with E-state index in [0.29, 0.717) is 10.6 Å². The zero-order valence-corrected chi connectivity index (χ0v) is 9.55. The van der Waals surface area contributed by atoms with E-state index in [1.165, 1.54) is 29.7 Å². The first kappa shape index (κ1) is 10.9. The molecule has 1 heterocycles. The Kier molecular flexibility index (Phi) is 3.07. The van der Waals surface area contributed by atoms with E-state index in [2.05, 4.69) is 10.3 Å². The Morgan fingerprint density at radius 3 is 2.94 bits per heavy atom. The van der Waals surface area contributed by atoms with Gasteiger partial charge in [0.15, 0.2) is 0 Å². The van der Waals surface area contributed by atoms with Gasteiger partial charge >= 0.3 is 0 Å². The van der Waals surface area contributed by atoms with Crippen LogP contribution in [0.1, 0.15) is 9.67 Å². The van der Waals surface area contributed by atoms with Gasteiger partial charge in [-0.15, -0.1) is 11.3 Å². The highest BCUT2D eigenvalue weighted by Crippen LogP contribution is 2.26. The van der Waals surface area contributed by atoms with Gasteiger partial charge < -0.3 is 10.4 Å². The minimum absolute atomic E-state index is 0.0660. The zero-order chi connectivity index (χ0) is 11.5. The van der Waals surface area contributed by atoms with E-state index < -0.39 is 0 Å². The van der Waals surface area contributed by atoms with Crippen LogP contribution in [0.5, 0.6) is 5.75 Å². The van der Waals surface area contributed by atoms with Gasteiger partial charge in [0.1, 0.15) is 10.6 Å². The van der Waals surface area contributed by atoms with Gasteiger partial charge in [0.05, 0.1) is 16.7 Å². The highest BCUT2D eigenvalue weighted by atomic mass is 35.5. The molecule has 0 bridgehead atoms. The van der Waals surface area contributed by atoms with E-state index in [0.717, 1.165) is 0 Å². The van der Waals surface area contributed by atoms with Gasteiger partial charge in [-0.25, -0.2) is 0 Å². The number of hydrogen-bond donors (Lipinski definition) is 2. The molecule has 0 fully saturated rings. The van der Waals surface area contributed by atoms with Gasteiger partial charge in [-0.2, -0.15) is 0 Å². The van der Waals surface area contributed by atoms with Crippen molar-refractivity contribution in [3.8, 4) is 5.75 Å². The Morgan fingerprint density at radius 1 is 1.50 bits per heavy atom. The van der Waals surface area contributed by atoms with Crippen LogP contribution in [0.25, 0.3) is 0 Å². The van der Waals surface area contributed by atoms with Crippen molar-refractivity contribution in [2.75, 3.05) is 5.32 Å². The highest BCUT2D eigenvalue weighted by molar-refractivity contribution is 7.11. The van der Waals surface area contributed by atoms with E-state index in [4.69, 9.17) is 11.6 Å². The molecule has 0 radical (unpaired) electrons. The predicted octanol–water partition coefficient (Wildman–Crippen LogP) is 2.75. The van der Waals surface area contributed by atoms with Crippen LogP contribution in [0, 0.1) is 0 Å². The molecule has 16 heavy (non-hydrogen) atoms. The molecule has 0 atom stereocenters. The second-order valence-electron chi connectivity index (χ2n) is 2.99. The van der Waals surface area contributed by atoms with Crippen LogP contribution in [-0.4, -0.2) is 16.0 Å². The smallest absolute Gasteiger partial charge is 0.267 e. The third-order valence-electron chi connectivity index (χ3n) is 1.86. The van der Waals surface area contributed by atoms with Gasteiger partial charge in [-0.05, 0) is 12.1 Å². The molecule has 2 N–H and O–H groups in total. The molecule has 4 nitrogen and oxygen atoms in total. The summed E-state index contributed by atoms with van der Waals surface area (Å²) >= 11 is 6.89. The van der Waals surface area contributed by atoms with Crippen molar-refractivity contribution in [3.05, 3.63) is 39.8 Å². The molecule has 0 aliphatic carbocycles. The van der Waals surface area contributed by atoms with Crippen LogP contribution in [0.15, 0.2) is 29.9 Å². The molecule has 6 heteroatoms. The molecule has 82 valence electrons. The van der Waals surface area contributed by atoms with Crippen molar-refractivity contribution < 1.29 is 9.90 Å². The number of nitrogens with one attached hydrogen (secondary N) is 1. The Labute approximate surface area is 101 Å². The summed E-state index contributed by atoms with van der Waals surface area (Å²) in [4.78, 5) is 15.9. The molecule has 1 aromatic heterocycles. The van der Waals surface area contributed by atoms with Crippen molar-refractivity contribution >= 4 is 34.5 Å². The van der Waals surface area contributed by atoms with Gasteiger partial charge in [0.2, 0.25) is 0 Å². The lowest BCUT2D eigenvalue weighted by Crippen LogP contribution is -2.09. The van der Waals surface area contributed by atoms with Gasteiger partial charge in [-0.1, -0.05) is 11.6 Å². The second-order valence-corrected chi connectivity index (χ2v) is 4.28. The summed E-state index contributed by atoms with van der Waals surface area (Å²) in [7, 11) is 0. The Bertz CT molecular complexity index is 514.